The number of aryl methyl sites for hydroxylation is 3. The van der Waals surface area contributed by atoms with Crippen LogP contribution in [0.5, 0.6) is 0 Å². The van der Waals surface area contributed by atoms with Gasteiger partial charge in [0.2, 0.25) is 0 Å². The second kappa shape index (κ2) is 15.6. The topological polar surface area (TPSA) is 87.0 Å². The van der Waals surface area contributed by atoms with Gasteiger partial charge in [-0.25, -0.2) is 4.79 Å². The van der Waals surface area contributed by atoms with Crippen LogP contribution >= 0.6 is 0 Å². The van der Waals surface area contributed by atoms with Crippen LogP contribution in [0.2, 0.25) is 0 Å². The highest BCUT2D eigenvalue weighted by Crippen LogP contribution is 2.39. The van der Waals surface area contributed by atoms with E-state index in [0.29, 0.717) is 17.2 Å². The zero-order valence-electron chi connectivity index (χ0n) is 29.9. The lowest BCUT2D eigenvalue weighted by molar-refractivity contribution is -0.143. The van der Waals surface area contributed by atoms with E-state index in [9.17, 15) is 14.4 Å². The number of ketones is 1. The zero-order chi connectivity index (χ0) is 35.2. The lowest BCUT2D eigenvalue weighted by Gasteiger charge is -2.19. The Balaban J connectivity index is 1.80. The molecular weight excluding hydrogens is 612 g/mol. The van der Waals surface area contributed by atoms with Crippen LogP contribution in [-0.4, -0.2) is 34.6 Å². The average molecular weight is 661 g/mol. The first kappa shape index (κ1) is 35.5. The van der Waals surface area contributed by atoms with E-state index in [1.807, 2.05) is 32.0 Å². The molecule has 1 atom stereocenters. The lowest BCUT2D eigenvalue weighted by atomic mass is 9.89. The molecule has 7 heteroatoms. The Kier molecular flexibility index (Phi) is 11.3. The van der Waals surface area contributed by atoms with E-state index in [0.717, 1.165) is 86.2 Å². The minimum Gasteiger partial charge on any atom is -0.466 e. The summed E-state index contributed by atoms with van der Waals surface area (Å²) < 4.78 is 7.59. The predicted molar refractivity (Wildman–Crippen MR) is 199 cm³/mol. The predicted octanol–water partition coefficient (Wildman–Crippen LogP) is 9.93. The third kappa shape index (κ3) is 7.61. The number of carbonyl (C=O) groups excluding carboxylic acids is 3. The first-order chi connectivity index (χ1) is 23.6. The molecule has 1 heterocycles. The molecule has 0 N–H and O–H groups in total. The van der Waals surface area contributed by atoms with Gasteiger partial charge in [0.05, 0.1) is 24.3 Å². The van der Waals surface area contributed by atoms with E-state index in [2.05, 4.69) is 73.0 Å². The Bertz CT molecular complexity index is 2050. The van der Waals surface area contributed by atoms with Gasteiger partial charge in [-0.15, -0.1) is 0 Å². The second-order valence-corrected chi connectivity index (χ2v) is 13.2. The van der Waals surface area contributed by atoms with Crippen molar-refractivity contribution in [2.45, 2.75) is 93.5 Å². The van der Waals surface area contributed by atoms with Gasteiger partial charge in [0.25, 0.3) is 0 Å². The molecule has 1 unspecified atom stereocenters. The van der Waals surface area contributed by atoms with E-state index in [1.54, 1.807) is 6.92 Å². The first-order valence-corrected chi connectivity index (χ1v) is 17.6. The van der Waals surface area contributed by atoms with Crippen molar-refractivity contribution in [2.75, 3.05) is 6.61 Å². The molecule has 4 aromatic carbocycles. The van der Waals surface area contributed by atoms with E-state index in [4.69, 9.17) is 9.57 Å². The summed E-state index contributed by atoms with van der Waals surface area (Å²) in [6.07, 6.45) is 4.86. The van der Waals surface area contributed by atoms with Crippen molar-refractivity contribution in [3.63, 3.8) is 0 Å². The molecule has 1 aromatic heterocycles. The summed E-state index contributed by atoms with van der Waals surface area (Å²) in [6.45, 7) is 14.8. The second-order valence-electron chi connectivity index (χ2n) is 13.2. The largest absolute Gasteiger partial charge is 0.466 e. The molecule has 0 aliphatic heterocycles. The first-order valence-electron chi connectivity index (χ1n) is 17.6. The van der Waals surface area contributed by atoms with Crippen LogP contribution in [0.1, 0.15) is 104 Å². The number of unbranched alkanes of at least 4 members (excludes halogenated alkanes) is 1. The molecule has 7 nitrogen and oxygen atoms in total. The fraction of sp³-hybridized carbons (Fsp3) is 0.381. The van der Waals surface area contributed by atoms with Gasteiger partial charge in [-0.05, 0) is 74.7 Å². The number of carbonyl (C=O) groups is 3. The molecule has 0 amide bonds. The summed E-state index contributed by atoms with van der Waals surface area (Å²) in [5, 5.41) is 8.08. The van der Waals surface area contributed by atoms with Crippen LogP contribution in [0.15, 0.2) is 65.8 Å². The quantitative estimate of drug-likeness (QED) is 0.0389. The normalized spacial score (nSPS) is 12.5. The van der Waals surface area contributed by atoms with Crippen molar-refractivity contribution in [3.05, 3.63) is 94.0 Å². The molecule has 5 rings (SSSR count). The Labute approximate surface area is 289 Å². The monoisotopic (exact) mass is 660 g/mol. The van der Waals surface area contributed by atoms with Crippen molar-refractivity contribution >= 4 is 56.0 Å². The number of nitrogens with zero attached hydrogens (tertiary/aromatic N) is 2. The van der Waals surface area contributed by atoms with Crippen molar-refractivity contribution in [1.29, 1.82) is 0 Å². The highest BCUT2D eigenvalue weighted by molar-refractivity contribution is 6.26. The highest BCUT2D eigenvalue weighted by Gasteiger charge is 2.24. The number of ether oxygens (including phenoxy) is 1. The average Bonchev–Trinajstić information content (AvgIpc) is 3.38. The van der Waals surface area contributed by atoms with E-state index in [-0.39, 0.29) is 31.2 Å². The summed E-state index contributed by atoms with van der Waals surface area (Å²) in [7, 11) is 0. The molecule has 256 valence electrons. The zero-order valence-corrected chi connectivity index (χ0v) is 29.9. The Morgan fingerprint density at radius 2 is 1.55 bits per heavy atom. The van der Waals surface area contributed by atoms with Gasteiger partial charge in [0.15, 0.2) is 5.78 Å². The number of hydrogen-bond donors (Lipinski definition) is 0. The molecule has 0 aliphatic carbocycles. The number of hydrogen-bond acceptors (Lipinski definition) is 6. The fourth-order valence-electron chi connectivity index (χ4n) is 7.18. The maximum absolute atomic E-state index is 14.6. The standard InChI is InChI=1S/C42H48N2O5/c1-8-11-14-30(9-2)25-44-38-19-17-31(37(43-49-29(7)45)18-20-39(46)48-10-3)23-34(38)35-24-36(32-15-12-13-16-33(32)41(35)44)42(47)40-27(5)21-26(4)22-28(40)6/h12-13,15-17,19,21-24,30H,8-11,14,18,20,25H2,1-7H3/b43-37-. The van der Waals surface area contributed by atoms with Crippen LogP contribution in [0.25, 0.3) is 32.6 Å². The van der Waals surface area contributed by atoms with Gasteiger partial charge in [-0.1, -0.05) is 86.3 Å². The number of oxime groups is 1. The summed E-state index contributed by atoms with van der Waals surface area (Å²) in [5.41, 5.74) is 7.82. The number of esters is 1. The number of benzene rings is 4. The summed E-state index contributed by atoms with van der Waals surface area (Å²) in [5.74, 6) is -0.391. The van der Waals surface area contributed by atoms with Crippen molar-refractivity contribution in [2.24, 2.45) is 11.1 Å². The summed E-state index contributed by atoms with van der Waals surface area (Å²) >= 11 is 0. The van der Waals surface area contributed by atoms with E-state index in [1.165, 1.54) is 13.3 Å². The van der Waals surface area contributed by atoms with E-state index >= 15 is 0 Å². The van der Waals surface area contributed by atoms with Crippen LogP contribution in [0, 0.1) is 26.7 Å². The number of aromatic nitrogens is 1. The minimum atomic E-state index is -0.541. The molecule has 0 saturated carbocycles. The van der Waals surface area contributed by atoms with Crippen LogP contribution < -0.4 is 0 Å². The third-order valence-corrected chi connectivity index (χ3v) is 9.49. The number of fused-ring (bicyclic) bond motifs is 5. The summed E-state index contributed by atoms with van der Waals surface area (Å²) in [4.78, 5) is 43.7. The maximum atomic E-state index is 14.6. The van der Waals surface area contributed by atoms with E-state index < -0.39 is 5.97 Å². The Morgan fingerprint density at radius 3 is 2.20 bits per heavy atom. The van der Waals surface area contributed by atoms with Crippen molar-refractivity contribution < 1.29 is 24.0 Å². The molecule has 0 fully saturated rings. The highest BCUT2D eigenvalue weighted by atomic mass is 16.7. The van der Waals surface area contributed by atoms with Gasteiger partial charge in [0, 0.05) is 58.3 Å². The smallest absolute Gasteiger partial charge is 0.331 e. The van der Waals surface area contributed by atoms with Crippen LogP contribution in [0.4, 0.5) is 0 Å². The van der Waals surface area contributed by atoms with Gasteiger partial charge < -0.3 is 14.1 Å². The van der Waals surface area contributed by atoms with Crippen molar-refractivity contribution in [1.82, 2.24) is 4.57 Å². The summed E-state index contributed by atoms with van der Waals surface area (Å²) in [6, 6.07) is 20.6. The molecule has 0 spiro atoms. The van der Waals surface area contributed by atoms with Crippen LogP contribution in [0.3, 0.4) is 0 Å². The molecular formula is C42H48N2O5. The number of rotatable bonds is 14. The van der Waals surface area contributed by atoms with Gasteiger partial charge in [0.1, 0.15) is 0 Å². The molecule has 0 saturated heterocycles. The molecule has 49 heavy (non-hydrogen) atoms. The van der Waals surface area contributed by atoms with Gasteiger partial charge in [-0.2, -0.15) is 0 Å². The molecule has 0 radical (unpaired) electrons. The minimum absolute atomic E-state index is 0.00563. The molecule has 0 bridgehead atoms. The molecule has 0 aliphatic rings. The fourth-order valence-corrected chi connectivity index (χ4v) is 7.18. The van der Waals surface area contributed by atoms with Gasteiger partial charge in [-0.3, -0.25) is 9.59 Å². The molecule has 5 aromatic rings. The Morgan fingerprint density at radius 1 is 0.837 bits per heavy atom. The van der Waals surface area contributed by atoms with Gasteiger partial charge >= 0.3 is 11.9 Å². The van der Waals surface area contributed by atoms with Crippen LogP contribution in [-0.2, 0) is 25.7 Å². The van der Waals surface area contributed by atoms with Crippen molar-refractivity contribution in [3.8, 4) is 0 Å². The maximum Gasteiger partial charge on any atom is 0.331 e. The third-order valence-electron chi connectivity index (χ3n) is 9.49. The Hall–Kier alpha value is -4.78. The SMILES string of the molecule is CCCCC(CC)Cn1c2ccc(/C(CCC(=O)OCC)=N\OC(C)=O)cc2c2cc(C(=O)c3c(C)cc(C)cc3C)c3ccccc3c21. The lowest BCUT2D eigenvalue weighted by Crippen LogP contribution is -2.11.